The van der Waals surface area contributed by atoms with Gasteiger partial charge in [-0.1, -0.05) is 18.5 Å². The van der Waals surface area contributed by atoms with Crippen LogP contribution in [-0.2, 0) is 0 Å². The van der Waals surface area contributed by atoms with Crippen molar-refractivity contribution in [3.05, 3.63) is 59.1 Å². The minimum atomic E-state index is -0.849. The van der Waals surface area contributed by atoms with Gasteiger partial charge in [-0.25, -0.2) is 18.7 Å². The third kappa shape index (κ3) is 2.61. The van der Waals surface area contributed by atoms with Gasteiger partial charge in [-0.2, -0.15) is 0 Å². The molecule has 1 N–H and O–H groups in total. The van der Waals surface area contributed by atoms with Crippen molar-refractivity contribution in [1.29, 1.82) is 0 Å². The summed E-state index contributed by atoms with van der Waals surface area (Å²) >= 11 is 6.09. The van der Waals surface area contributed by atoms with E-state index in [0.717, 1.165) is 29.7 Å². The molecular formula is C22H19ClF2N4. The highest BCUT2D eigenvalue weighted by atomic mass is 35.5. The minimum Gasteiger partial charge on any atom is -0.342 e. The van der Waals surface area contributed by atoms with Crippen LogP contribution in [0.1, 0.15) is 37.5 Å². The normalized spacial score (nSPS) is 26.9. The lowest BCUT2D eigenvalue weighted by molar-refractivity contribution is 0.406. The molecule has 0 radical (unpaired) electrons. The number of hydrogen-bond donors (Lipinski definition) is 1. The van der Waals surface area contributed by atoms with E-state index in [1.807, 2.05) is 22.8 Å². The Balaban J connectivity index is 1.22. The summed E-state index contributed by atoms with van der Waals surface area (Å²) in [4.78, 5) is 12.5. The van der Waals surface area contributed by atoms with E-state index in [2.05, 4.69) is 16.9 Å². The first-order valence-corrected chi connectivity index (χ1v) is 10.3. The van der Waals surface area contributed by atoms with Gasteiger partial charge in [0.15, 0.2) is 11.6 Å². The Kier molecular flexibility index (Phi) is 3.61. The maximum absolute atomic E-state index is 13.7. The van der Waals surface area contributed by atoms with Crippen molar-refractivity contribution < 1.29 is 8.78 Å². The quantitative estimate of drug-likeness (QED) is 0.459. The van der Waals surface area contributed by atoms with Gasteiger partial charge >= 0.3 is 0 Å². The number of fused-ring (bicyclic) bond motifs is 3. The van der Waals surface area contributed by atoms with Gasteiger partial charge in [0.2, 0.25) is 0 Å². The predicted molar refractivity (Wildman–Crippen MR) is 108 cm³/mol. The van der Waals surface area contributed by atoms with Crippen molar-refractivity contribution in [2.45, 2.75) is 31.7 Å². The molecule has 7 heteroatoms. The Labute approximate surface area is 170 Å². The maximum atomic E-state index is 13.7. The Morgan fingerprint density at radius 1 is 1.10 bits per heavy atom. The van der Waals surface area contributed by atoms with Crippen molar-refractivity contribution in [2.24, 2.45) is 17.8 Å². The summed E-state index contributed by atoms with van der Waals surface area (Å²) in [5.41, 5.74) is 3.10. The molecule has 0 aliphatic heterocycles. The summed E-state index contributed by atoms with van der Waals surface area (Å²) < 4.78 is 29.2. The standard InChI is InChI=1S/C22H19ClF2N4/c1-10(22-27-17-3-2-11(23)4-18(17)28-22)21-13-5-12(6-14(13)21)29-9-26-19-7-15(24)16(25)8-20(19)29/h2-4,7-10,12-14,21H,5-6H2,1H3,(H,27,28)/t10?,12?,13-,14+,21?. The van der Waals surface area contributed by atoms with Gasteiger partial charge in [0.1, 0.15) is 5.82 Å². The largest absolute Gasteiger partial charge is 0.342 e. The first-order chi connectivity index (χ1) is 14.0. The molecule has 2 aromatic carbocycles. The van der Waals surface area contributed by atoms with Crippen LogP contribution >= 0.6 is 11.6 Å². The van der Waals surface area contributed by atoms with Crippen molar-refractivity contribution in [3.8, 4) is 0 Å². The fourth-order valence-electron chi connectivity index (χ4n) is 5.54. The monoisotopic (exact) mass is 412 g/mol. The van der Waals surface area contributed by atoms with Gasteiger partial charge in [-0.3, -0.25) is 0 Å². The molecule has 29 heavy (non-hydrogen) atoms. The molecule has 2 fully saturated rings. The van der Waals surface area contributed by atoms with E-state index in [-0.39, 0.29) is 6.04 Å². The number of rotatable bonds is 3. The molecule has 4 nitrogen and oxygen atoms in total. The highest BCUT2D eigenvalue weighted by molar-refractivity contribution is 6.31. The second kappa shape index (κ2) is 6.02. The van der Waals surface area contributed by atoms with Crippen molar-refractivity contribution in [2.75, 3.05) is 0 Å². The molecule has 2 aliphatic rings. The molecule has 0 saturated heterocycles. The van der Waals surface area contributed by atoms with Crippen molar-refractivity contribution >= 4 is 33.7 Å². The molecule has 2 saturated carbocycles. The molecular weight excluding hydrogens is 394 g/mol. The lowest BCUT2D eigenvalue weighted by Crippen LogP contribution is -2.11. The first-order valence-electron chi connectivity index (χ1n) is 9.96. The summed E-state index contributed by atoms with van der Waals surface area (Å²) in [6.07, 6.45) is 3.80. The van der Waals surface area contributed by atoms with E-state index in [1.54, 1.807) is 6.33 Å². The van der Waals surface area contributed by atoms with Crippen LogP contribution in [0, 0.1) is 29.4 Å². The molecule has 0 amide bonds. The Morgan fingerprint density at radius 2 is 1.86 bits per heavy atom. The SMILES string of the molecule is CC(c1nc2ccc(Cl)cc2[nH]1)C1[C@H]2CC(n3cnc4cc(F)c(F)cc43)C[C@@H]12. The van der Waals surface area contributed by atoms with Crippen LogP contribution in [0.4, 0.5) is 8.78 Å². The molecule has 148 valence electrons. The second-order valence-electron chi connectivity index (χ2n) is 8.51. The van der Waals surface area contributed by atoms with Gasteiger partial charge in [-0.05, 0) is 48.8 Å². The zero-order chi connectivity index (χ0) is 19.9. The van der Waals surface area contributed by atoms with Crippen LogP contribution in [0.2, 0.25) is 5.02 Å². The van der Waals surface area contributed by atoms with Gasteiger partial charge in [0.25, 0.3) is 0 Å². The number of halogens is 3. The van der Waals surface area contributed by atoms with E-state index < -0.39 is 11.6 Å². The summed E-state index contributed by atoms with van der Waals surface area (Å²) in [6, 6.07) is 8.45. The molecule has 6 rings (SSSR count). The fraction of sp³-hybridized carbons (Fsp3) is 0.364. The Hall–Kier alpha value is -2.47. The number of benzene rings is 2. The highest BCUT2D eigenvalue weighted by Crippen LogP contribution is 2.65. The minimum absolute atomic E-state index is 0.290. The number of nitrogens with zero attached hydrogens (tertiary/aromatic N) is 3. The maximum Gasteiger partial charge on any atom is 0.161 e. The van der Waals surface area contributed by atoms with Crippen LogP contribution in [0.5, 0.6) is 0 Å². The topological polar surface area (TPSA) is 46.5 Å². The Bertz CT molecular complexity index is 1250. The number of H-pyrrole nitrogens is 1. The molecule has 2 heterocycles. The lowest BCUT2D eigenvalue weighted by Gasteiger charge is -2.19. The number of aromatic nitrogens is 4. The first kappa shape index (κ1) is 17.4. The van der Waals surface area contributed by atoms with Crippen LogP contribution in [0.15, 0.2) is 36.7 Å². The zero-order valence-electron chi connectivity index (χ0n) is 15.7. The third-order valence-electron chi connectivity index (χ3n) is 6.97. The van der Waals surface area contributed by atoms with Crippen LogP contribution in [0.3, 0.4) is 0 Å². The van der Waals surface area contributed by atoms with Crippen molar-refractivity contribution in [1.82, 2.24) is 19.5 Å². The van der Waals surface area contributed by atoms with Crippen LogP contribution in [-0.4, -0.2) is 19.5 Å². The van der Waals surface area contributed by atoms with Gasteiger partial charge in [0.05, 0.1) is 28.4 Å². The Morgan fingerprint density at radius 3 is 2.66 bits per heavy atom. The summed E-state index contributed by atoms with van der Waals surface area (Å²) in [5.74, 6) is 1.57. The van der Waals surface area contributed by atoms with E-state index in [9.17, 15) is 8.78 Å². The molecule has 4 aromatic rings. The number of aromatic amines is 1. The lowest BCUT2D eigenvalue weighted by atomic mass is 9.96. The van der Waals surface area contributed by atoms with Gasteiger partial charge in [0, 0.05) is 29.1 Å². The summed E-state index contributed by atoms with van der Waals surface area (Å²) in [6.45, 7) is 2.24. The predicted octanol–water partition coefficient (Wildman–Crippen LogP) is 5.85. The number of imidazole rings is 2. The number of nitrogens with one attached hydrogen (secondary N) is 1. The van der Waals surface area contributed by atoms with Crippen LogP contribution in [0.25, 0.3) is 22.1 Å². The summed E-state index contributed by atoms with van der Waals surface area (Å²) in [5, 5.41) is 0.704. The average molecular weight is 413 g/mol. The second-order valence-corrected chi connectivity index (χ2v) is 8.95. The van der Waals surface area contributed by atoms with Gasteiger partial charge in [-0.15, -0.1) is 0 Å². The van der Waals surface area contributed by atoms with E-state index in [0.29, 0.717) is 39.7 Å². The van der Waals surface area contributed by atoms with Gasteiger partial charge < -0.3 is 9.55 Å². The van der Waals surface area contributed by atoms with E-state index in [1.165, 1.54) is 12.1 Å². The third-order valence-corrected chi connectivity index (χ3v) is 7.20. The molecule has 3 unspecified atom stereocenters. The molecule has 5 atom stereocenters. The fourth-order valence-corrected chi connectivity index (χ4v) is 5.72. The van der Waals surface area contributed by atoms with Crippen LogP contribution < -0.4 is 0 Å². The average Bonchev–Trinajstić information content (AvgIpc) is 3.09. The molecule has 0 bridgehead atoms. The zero-order valence-corrected chi connectivity index (χ0v) is 16.5. The van der Waals surface area contributed by atoms with E-state index in [4.69, 9.17) is 16.6 Å². The molecule has 2 aromatic heterocycles. The van der Waals surface area contributed by atoms with E-state index >= 15 is 0 Å². The summed E-state index contributed by atoms with van der Waals surface area (Å²) in [7, 11) is 0. The molecule has 0 spiro atoms. The smallest absolute Gasteiger partial charge is 0.161 e. The number of hydrogen-bond acceptors (Lipinski definition) is 2. The van der Waals surface area contributed by atoms with Crippen molar-refractivity contribution in [3.63, 3.8) is 0 Å². The highest BCUT2D eigenvalue weighted by Gasteiger charge is 2.58. The molecule has 2 aliphatic carbocycles.